The molecule has 1 aliphatic heterocycles. The van der Waals surface area contributed by atoms with Crippen LogP contribution in [0.3, 0.4) is 0 Å². The average Bonchev–Trinajstić information content (AvgIpc) is 2.53. The Kier molecular flexibility index (Phi) is 3.53. The molecule has 0 bridgehead atoms. The summed E-state index contributed by atoms with van der Waals surface area (Å²) in [7, 11) is 3.08. The Morgan fingerprint density at radius 2 is 1.81 bits per heavy atom. The van der Waals surface area contributed by atoms with Crippen LogP contribution in [0.4, 0.5) is 0 Å². The highest BCUT2D eigenvalue weighted by molar-refractivity contribution is 6.10. The van der Waals surface area contributed by atoms with Gasteiger partial charge in [-0.3, -0.25) is 4.79 Å². The van der Waals surface area contributed by atoms with E-state index in [-0.39, 0.29) is 19.0 Å². The predicted octanol–water partition coefficient (Wildman–Crippen LogP) is 2.10. The van der Waals surface area contributed by atoms with Crippen molar-refractivity contribution in [3.63, 3.8) is 0 Å². The molecule has 1 aliphatic rings. The standard InChI is InChI=1S/C16H16O5/c1-19-15-9-5-3-4-6-10(9)16(20-2)14-12(7-17)21-8-11(18)13(14)15/h3-6,12,17H,7-8H2,1-2H3/t12-/m1/s1. The molecule has 2 aromatic rings. The second kappa shape index (κ2) is 5.35. The van der Waals surface area contributed by atoms with Crippen LogP contribution >= 0.6 is 0 Å². The highest BCUT2D eigenvalue weighted by atomic mass is 16.5. The summed E-state index contributed by atoms with van der Waals surface area (Å²) in [5.74, 6) is 0.886. The van der Waals surface area contributed by atoms with E-state index in [1.165, 1.54) is 7.11 Å². The number of carbonyl (C=O) groups excluding carboxylic acids is 1. The maximum absolute atomic E-state index is 12.3. The summed E-state index contributed by atoms with van der Waals surface area (Å²) in [4.78, 5) is 12.3. The van der Waals surface area contributed by atoms with Gasteiger partial charge >= 0.3 is 0 Å². The summed E-state index contributed by atoms with van der Waals surface area (Å²) in [6.45, 7) is -0.297. The number of ketones is 1. The summed E-state index contributed by atoms with van der Waals surface area (Å²) in [5, 5.41) is 11.2. The first-order chi connectivity index (χ1) is 10.2. The molecule has 0 aliphatic carbocycles. The summed E-state index contributed by atoms with van der Waals surface area (Å²) in [6, 6.07) is 7.54. The molecule has 3 rings (SSSR count). The molecule has 0 aromatic heterocycles. The molecule has 21 heavy (non-hydrogen) atoms. The highest BCUT2D eigenvalue weighted by Gasteiger charge is 2.34. The van der Waals surface area contributed by atoms with Gasteiger partial charge in [-0.05, 0) is 0 Å². The quantitative estimate of drug-likeness (QED) is 0.937. The Morgan fingerprint density at radius 3 is 2.38 bits per heavy atom. The normalized spacial score (nSPS) is 17.7. The van der Waals surface area contributed by atoms with Gasteiger partial charge in [0.15, 0.2) is 5.78 Å². The maximum Gasteiger partial charge on any atom is 0.192 e. The number of hydrogen-bond donors (Lipinski definition) is 1. The lowest BCUT2D eigenvalue weighted by Crippen LogP contribution is -2.26. The number of rotatable bonds is 3. The number of benzene rings is 2. The third-order valence-corrected chi connectivity index (χ3v) is 3.75. The van der Waals surface area contributed by atoms with Crippen LogP contribution in [0.15, 0.2) is 24.3 Å². The summed E-state index contributed by atoms with van der Waals surface area (Å²) >= 11 is 0. The molecule has 5 nitrogen and oxygen atoms in total. The maximum atomic E-state index is 12.3. The fourth-order valence-corrected chi connectivity index (χ4v) is 2.89. The predicted molar refractivity (Wildman–Crippen MR) is 77.2 cm³/mol. The van der Waals surface area contributed by atoms with Crippen LogP contribution in [-0.4, -0.2) is 38.3 Å². The number of ether oxygens (including phenoxy) is 3. The van der Waals surface area contributed by atoms with Crippen LogP contribution in [0, 0.1) is 0 Å². The zero-order chi connectivity index (χ0) is 15.0. The van der Waals surface area contributed by atoms with Crippen LogP contribution in [0.5, 0.6) is 11.5 Å². The van der Waals surface area contributed by atoms with E-state index >= 15 is 0 Å². The van der Waals surface area contributed by atoms with Crippen LogP contribution < -0.4 is 9.47 Å². The van der Waals surface area contributed by atoms with Gasteiger partial charge in [-0.25, -0.2) is 0 Å². The van der Waals surface area contributed by atoms with Gasteiger partial charge in [-0.1, -0.05) is 24.3 Å². The number of carbonyl (C=O) groups is 1. The average molecular weight is 288 g/mol. The monoisotopic (exact) mass is 288 g/mol. The van der Waals surface area contributed by atoms with Crippen molar-refractivity contribution >= 4 is 16.6 Å². The van der Waals surface area contributed by atoms with Crippen molar-refractivity contribution < 1.29 is 24.1 Å². The van der Waals surface area contributed by atoms with Gasteiger partial charge in [0.25, 0.3) is 0 Å². The molecule has 110 valence electrons. The first-order valence-corrected chi connectivity index (χ1v) is 6.65. The van der Waals surface area contributed by atoms with Crippen molar-refractivity contribution in [1.82, 2.24) is 0 Å². The molecule has 0 spiro atoms. The third-order valence-electron chi connectivity index (χ3n) is 3.75. The minimum absolute atomic E-state index is 0.0733. The highest BCUT2D eigenvalue weighted by Crippen LogP contribution is 2.46. The van der Waals surface area contributed by atoms with E-state index in [0.29, 0.717) is 22.6 Å². The van der Waals surface area contributed by atoms with Gasteiger partial charge in [0.05, 0.1) is 26.4 Å². The number of aliphatic hydroxyl groups is 1. The third kappa shape index (κ3) is 1.97. The van der Waals surface area contributed by atoms with Crippen molar-refractivity contribution in [1.29, 1.82) is 0 Å². The van der Waals surface area contributed by atoms with E-state index in [0.717, 1.165) is 10.8 Å². The molecule has 2 aromatic carbocycles. The molecule has 1 N–H and O–H groups in total. The molecule has 0 radical (unpaired) electrons. The summed E-state index contributed by atoms with van der Waals surface area (Å²) < 4.78 is 16.4. The van der Waals surface area contributed by atoms with E-state index in [4.69, 9.17) is 14.2 Å². The topological polar surface area (TPSA) is 65.0 Å². The fraction of sp³-hybridized carbons (Fsp3) is 0.312. The van der Waals surface area contributed by atoms with Gasteiger partial charge in [0.2, 0.25) is 0 Å². The van der Waals surface area contributed by atoms with Gasteiger partial charge in [0, 0.05) is 16.3 Å². The van der Waals surface area contributed by atoms with Crippen molar-refractivity contribution in [2.45, 2.75) is 6.10 Å². The Bertz CT molecular complexity index is 707. The molecule has 0 amide bonds. The smallest absolute Gasteiger partial charge is 0.192 e. The Labute approximate surface area is 122 Å². The summed E-state index contributed by atoms with van der Waals surface area (Å²) in [6.07, 6.45) is -0.592. The second-order valence-electron chi connectivity index (χ2n) is 4.81. The van der Waals surface area contributed by atoms with Gasteiger partial charge in [0.1, 0.15) is 24.2 Å². The Morgan fingerprint density at radius 1 is 1.19 bits per heavy atom. The Balaban J connectivity index is 2.48. The number of fused-ring (bicyclic) bond motifs is 2. The first kappa shape index (κ1) is 13.9. The lowest BCUT2D eigenvalue weighted by atomic mass is 9.90. The second-order valence-corrected chi connectivity index (χ2v) is 4.81. The van der Waals surface area contributed by atoms with Crippen molar-refractivity contribution in [2.75, 3.05) is 27.4 Å². The summed E-state index contributed by atoms with van der Waals surface area (Å²) in [5.41, 5.74) is 1.00. The van der Waals surface area contributed by atoms with Crippen LogP contribution in [0.2, 0.25) is 0 Å². The molecular weight excluding hydrogens is 272 g/mol. The van der Waals surface area contributed by atoms with E-state index in [9.17, 15) is 9.90 Å². The molecular formula is C16H16O5. The number of aliphatic hydroxyl groups excluding tert-OH is 1. The minimum Gasteiger partial charge on any atom is -0.496 e. The molecule has 0 fully saturated rings. The molecule has 0 saturated heterocycles. The van der Waals surface area contributed by atoms with E-state index < -0.39 is 6.10 Å². The largest absolute Gasteiger partial charge is 0.496 e. The van der Waals surface area contributed by atoms with Crippen LogP contribution in [0.25, 0.3) is 10.8 Å². The van der Waals surface area contributed by atoms with Crippen LogP contribution in [0.1, 0.15) is 22.0 Å². The fourth-order valence-electron chi connectivity index (χ4n) is 2.89. The molecule has 1 atom stereocenters. The Hall–Kier alpha value is -2.11. The molecule has 5 heteroatoms. The first-order valence-electron chi connectivity index (χ1n) is 6.65. The van der Waals surface area contributed by atoms with Gasteiger partial charge in [-0.15, -0.1) is 0 Å². The lowest BCUT2D eigenvalue weighted by Gasteiger charge is -2.28. The molecule has 1 heterocycles. The molecule has 0 unspecified atom stereocenters. The number of Topliss-reactive ketones (excluding diaryl/α,β-unsaturated/α-hetero) is 1. The van der Waals surface area contributed by atoms with Crippen molar-refractivity contribution in [3.8, 4) is 11.5 Å². The van der Waals surface area contributed by atoms with Gasteiger partial charge < -0.3 is 19.3 Å². The zero-order valence-corrected chi connectivity index (χ0v) is 11.9. The van der Waals surface area contributed by atoms with Crippen molar-refractivity contribution in [2.24, 2.45) is 0 Å². The minimum atomic E-state index is -0.592. The SMILES string of the molecule is COc1c2c(c(OC)c3ccccc13)[C@@H](CO)OCC2=O. The van der Waals surface area contributed by atoms with E-state index in [1.54, 1.807) is 7.11 Å². The lowest BCUT2D eigenvalue weighted by molar-refractivity contribution is 0.00588. The van der Waals surface area contributed by atoms with E-state index in [1.807, 2.05) is 24.3 Å². The van der Waals surface area contributed by atoms with E-state index in [2.05, 4.69) is 0 Å². The molecule has 0 saturated carbocycles. The number of methoxy groups -OCH3 is 2. The van der Waals surface area contributed by atoms with Gasteiger partial charge in [-0.2, -0.15) is 0 Å². The zero-order valence-electron chi connectivity index (χ0n) is 11.9. The number of hydrogen-bond acceptors (Lipinski definition) is 5. The van der Waals surface area contributed by atoms with Crippen LogP contribution in [-0.2, 0) is 4.74 Å². The van der Waals surface area contributed by atoms with Crippen molar-refractivity contribution in [3.05, 3.63) is 35.4 Å².